The maximum atomic E-state index is 11.6. The Labute approximate surface area is 107 Å². The predicted octanol–water partition coefficient (Wildman–Crippen LogP) is -0.0912. The molecule has 0 saturated carbocycles. The van der Waals surface area contributed by atoms with Crippen LogP contribution in [0.4, 0.5) is 5.95 Å². The highest BCUT2D eigenvalue weighted by Gasteiger charge is 2.23. The molecule has 0 radical (unpaired) electrons. The smallest absolute Gasteiger partial charge is 0.236 e. The molecule has 2 rings (SSSR count). The van der Waals surface area contributed by atoms with E-state index in [0.29, 0.717) is 0 Å². The van der Waals surface area contributed by atoms with Crippen LogP contribution in [0.3, 0.4) is 0 Å². The van der Waals surface area contributed by atoms with E-state index < -0.39 is 6.04 Å². The van der Waals surface area contributed by atoms with E-state index in [1.165, 1.54) is 0 Å². The van der Waals surface area contributed by atoms with Crippen LogP contribution in [-0.2, 0) is 4.79 Å². The van der Waals surface area contributed by atoms with Crippen LogP contribution in [0.2, 0.25) is 0 Å². The molecule has 0 bridgehead atoms. The Morgan fingerprint density at radius 3 is 2.94 bits per heavy atom. The quantitative estimate of drug-likeness (QED) is 0.782. The van der Waals surface area contributed by atoms with Gasteiger partial charge < -0.3 is 16.0 Å². The third kappa shape index (κ3) is 3.16. The van der Waals surface area contributed by atoms with Crippen molar-refractivity contribution in [3.8, 4) is 0 Å². The van der Waals surface area contributed by atoms with Crippen molar-refractivity contribution in [2.75, 3.05) is 18.0 Å². The maximum Gasteiger partial charge on any atom is 0.236 e. The molecule has 2 atom stereocenters. The van der Waals surface area contributed by atoms with Crippen molar-refractivity contribution in [2.24, 2.45) is 5.73 Å². The van der Waals surface area contributed by atoms with Gasteiger partial charge in [0, 0.05) is 31.5 Å². The summed E-state index contributed by atoms with van der Waals surface area (Å²) >= 11 is 0. The maximum absolute atomic E-state index is 11.6. The van der Waals surface area contributed by atoms with Crippen LogP contribution in [0.25, 0.3) is 0 Å². The van der Waals surface area contributed by atoms with Gasteiger partial charge in [-0.3, -0.25) is 4.79 Å². The minimum atomic E-state index is -0.464. The minimum absolute atomic E-state index is 0.101. The second kappa shape index (κ2) is 5.77. The molecule has 6 heteroatoms. The number of nitrogens with one attached hydrogen (secondary N) is 1. The van der Waals surface area contributed by atoms with Crippen LogP contribution in [0, 0.1) is 0 Å². The fourth-order valence-electron chi connectivity index (χ4n) is 2.06. The van der Waals surface area contributed by atoms with Gasteiger partial charge in [0.2, 0.25) is 11.9 Å². The molecule has 2 unspecified atom stereocenters. The number of hydrogen-bond donors (Lipinski definition) is 2. The first kappa shape index (κ1) is 12.8. The Morgan fingerprint density at radius 2 is 2.28 bits per heavy atom. The highest BCUT2D eigenvalue weighted by atomic mass is 16.2. The molecule has 1 aliphatic rings. The number of anilines is 1. The molecule has 0 spiro atoms. The number of carbonyl (C=O) groups excluding carboxylic acids is 1. The summed E-state index contributed by atoms with van der Waals surface area (Å²) in [4.78, 5) is 22.1. The van der Waals surface area contributed by atoms with E-state index in [4.69, 9.17) is 5.73 Å². The lowest BCUT2D eigenvalue weighted by molar-refractivity contribution is -0.122. The Balaban J connectivity index is 1.95. The van der Waals surface area contributed by atoms with Crippen molar-refractivity contribution in [1.82, 2.24) is 15.3 Å². The number of piperidine rings is 1. The van der Waals surface area contributed by atoms with E-state index in [0.717, 1.165) is 31.9 Å². The van der Waals surface area contributed by atoms with E-state index in [1.807, 2.05) is 0 Å². The van der Waals surface area contributed by atoms with Crippen LogP contribution in [0.15, 0.2) is 18.5 Å². The zero-order valence-electron chi connectivity index (χ0n) is 10.5. The van der Waals surface area contributed by atoms with Gasteiger partial charge in [-0.05, 0) is 25.8 Å². The van der Waals surface area contributed by atoms with Gasteiger partial charge in [0.15, 0.2) is 0 Å². The molecular weight excluding hydrogens is 230 g/mol. The summed E-state index contributed by atoms with van der Waals surface area (Å²) in [6.07, 6.45) is 5.45. The third-order valence-electron chi connectivity index (χ3n) is 3.02. The molecule has 1 aliphatic heterocycles. The number of nitrogens with two attached hydrogens (primary N) is 1. The summed E-state index contributed by atoms with van der Waals surface area (Å²) < 4.78 is 0. The summed E-state index contributed by atoms with van der Waals surface area (Å²) in [5, 5.41) is 2.96. The zero-order chi connectivity index (χ0) is 13.0. The van der Waals surface area contributed by atoms with Crippen LogP contribution in [0.1, 0.15) is 19.8 Å². The molecule has 1 amide bonds. The van der Waals surface area contributed by atoms with Crippen molar-refractivity contribution < 1.29 is 4.79 Å². The molecule has 0 aromatic carbocycles. The van der Waals surface area contributed by atoms with Gasteiger partial charge in [-0.15, -0.1) is 0 Å². The highest BCUT2D eigenvalue weighted by molar-refractivity contribution is 5.81. The van der Waals surface area contributed by atoms with Crippen LogP contribution in [0.5, 0.6) is 0 Å². The van der Waals surface area contributed by atoms with Gasteiger partial charge in [-0.2, -0.15) is 0 Å². The highest BCUT2D eigenvalue weighted by Crippen LogP contribution is 2.15. The predicted molar refractivity (Wildman–Crippen MR) is 69.1 cm³/mol. The number of aromatic nitrogens is 2. The van der Waals surface area contributed by atoms with Gasteiger partial charge in [0.25, 0.3) is 0 Å². The summed E-state index contributed by atoms with van der Waals surface area (Å²) in [7, 11) is 0. The molecule has 1 aromatic heterocycles. The first-order chi connectivity index (χ1) is 8.66. The minimum Gasteiger partial charge on any atom is -0.350 e. The molecule has 6 nitrogen and oxygen atoms in total. The monoisotopic (exact) mass is 249 g/mol. The number of hydrogen-bond acceptors (Lipinski definition) is 5. The van der Waals surface area contributed by atoms with Crippen molar-refractivity contribution in [3.63, 3.8) is 0 Å². The van der Waals surface area contributed by atoms with Crippen molar-refractivity contribution in [1.29, 1.82) is 0 Å². The van der Waals surface area contributed by atoms with E-state index >= 15 is 0 Å². The standard InChI is InChI=1S/C12H19N5O/c1-9(13)11(18)16-10-4-2-7-17(8-10)12-14-5-3-6-15-12/h3,5-6,9-10H,2,4,7-8,13H2,1H3,(H,16,18). The van der Waals surface area contributed by atoms with Crippen LogP contribution < -0.4 is 16.0 Å². The second-order valence-electron chi connectivity index (χ2n) is 4.63. The fraction of sp³-hybridized carbons (Fsp3) is 0.583. The van der Waals surface area contributed by atoms with Gasteiger partial charge in [0.1, 0.15) is 0 Å². The largest absolute Gasteiger partial charge is 0.350 e. The molecule has 18 heavy (non-hydrogen) atoms. The SMILES string of the molecule is CC(N)C(=O)NC1CCCN(c2ncccn2)C1. The van der Waals surface area contributed by atoms with Crippen molar-refractivity contribution >= 4 is 11.9 Å². The normalized spacial score (nSPS) is 21.4. The molecule has 3 N–H and O–H groups in total. The van der Waals surface area contributed by atoms with E-state index in [2.05, 4.69) is 20.2 Å². The zero-order valence-corrected chi connectivity index (χ0v) is 10.5. The second-order valence-corrected chi connectivity index (χ2v) is 4.63. The summed E-state index contributed by atoms with van der Waals surface area (Å²) in [6, 6.07) is 1.46. The number of amides is 1. The van der Waals surface area contributed by atoms with Crippen LogP contribution in [-0.4, -0.2) is 41.0 Å². The van der Waals surface area contributed by atoms with Crippen molar-refractivity contribution in [2.45, 2.75) is 31.8 Å². The Hall–Kier alpha value is -1.69. The molecule has 1 saturated heterocycles. The average Bonchev–Trinajstić information content (AvgIpc) is 2.40. The molecule has 1 fully saturated rings. The van der Waals surface area contributed by atoms with E-state index in [1.54, 1.807) is 25.4 Å². The molecule has 1 aromatic rings. The van der Waals surface area contributed by atoms with Crippen LogP contribution >= 0.6 is 0 Å². The fourth-order valence-corrected chi connectivity index (χ4v) is 2.06. The molecule has 2 heterocycles. The topological polar surface area (TPSA) is 84.1 Å². The van der Waals surface area contributed by atoms with Gasteiger partial charge >= 0.3 is 0 Å². The Bertz CT molecular complexity index is 395. The Morgan fingerprint density at radius 1 is 1.56 bits per heavy atom. The van der Waals surface area contributed by atoms with Gasteiger partial charge in [-0.25, -0.2) is 9.97 Å². The molecule has 0 aliphatic carbocycles. The number of nitrogens with zero attached hydrogens (tertiary/aromatic N) is 3. The lowest BCUT2D eigenvalue weighted by Gasteiger charge is -2.33. The lowest BCUT2D eigenvalue weighted by Crippen LogP contribution is -2.51. The number of rotatable bonds is 3. The Kier molecular flexibility index (Phi) is 4.09. The first-order valence-electron chi connectivity index (χ1n) is 6.24. The van der Waals surface area contributed by atoms with Gasteiger partial charge in [0.05, 0.1) is 6.04 Å². The van der Waals surface area contributed by atoms with Gasteiger partial charge in [-0.1, -0.05) is 0 Å². The summed E-state index contributed by atoms with van der Waals surface area (Å²) in [5.41, 5.74) is 5.55. The third-order valence-corrected chi connectivity index (χ3v) is 3.02. The van der Waals surface area contributed by atoms with E-state index in [-0.39, 0.29) is 11.9 Å². The number of carbonyl (C=O) groups is 1. The lowest BCUT2D eigenvalue weighted by atomic mass is 10.1. The first-order valence-corrected chi connectivity index (χ1v) is 6.24. The summed E-state index contributed by atoms with van der Waals surface area (Å²) in [6.45, 7) is 3.35. The summed E-state index contributed by atoms with van der Waals surface area (Å²) in [5.74, 6) is 0.619. The molecule has 98 valence electrons. The van der Waals surface area contributed by atoms with E-state index in [9.17, 15) is 4.79 Å². The average molecular weight is 249 g/mol. The molecular formula is C12H19N5O. The van der Waals surface area contributed by atoms with Crippen molar-refractivity contribution in [3.05, 3.63) is 18.5 Å².